The fraction of sp³-hybridized carbons (Fsp3) is 0.500. The maximum absolute atomic E-state index is 11.7. The number of hydrogen-bond acceptors (Lipinski definition) is 3. The SMILES string of the molecule is Cc1cccnc1NC(=O)C(N)CC(C)C. The first-order valence-electron chi connectivity index (χ1n) is 5.48. The second-order valence-corrected chi connectivity index (χ2v) is 4.39. The van der Waals surface area contributed by atoms with E-state index in [-0.39, 0.29) is 5.91 Å². The number of anilines is 1. The average molecular weight is 221 g/mol. The summed E-state index contributed by atoms with van der Waals surface area (Å²) < 4.78 is 0. The molecule has 0 radical (unpaired) electrons. The van der Waals surface area contributed by atoms with Crippen molar-refractivity contribution in [3.05, 3.63) is 23.9 Å². The van der Waals surface area contributed by atoms with Crippen molar-refractivity contribution in [1.29, 1.82) is 0 Å². The summed E-state index contributed by atoms with van der Waals surface area (Å²) in [6, 6.07) is 3.26. The Hall–Kier alpha value is -1.42. The molecule has 1 amide bonds. The van der Waals surface area contributed by atoms with Crippen molar-refractivity contribution in [2.24, 2.45) is 11.7 Å². The third kappa shape index (κ3) is 3.62. The first-order chi connectivity index (χ1) is 7.50. The smallest absolute Gasteiger partial charge is 0.242 e. The lowest BCUT2D eigenvalue weighted by molar-refractivity contribution is -0.117. The van der Waals surface area contributed by atoms with E-state index in [0.717, 1.165) is 5.56 Å². The number of nitrogens with zero attached hydrogens (tertiary/aromatic N) is 1. The van der Waals surface area contributed by atoms with Crippen LogP contribution in [0.5, 0.6) is 0 Å². The van der Waals surface area contributed by atoms with Crippen LogP contribution in [0.15, 0.2) is 18.3 Å². The summed E-state index contributed by atoms with van der Waals surface area (Å²) in [6.45, 7) is 5.98. The lowest BCUT2D eigenvalue weighted by Gasteiger charge is -2.14. The van der Waals surface area contributed by atoms with Crippen molar-refractivity contribution in [2.75, 3.05) is 5.32 Å². The van der Waals surface area contributed by atoms with Crippen molar-refractivity contribution in [3.8, 4) is 0 Å². The first-order valence-corrected chi connectivity index (χ1v) is 5.48. The zero-order valence-electron chi connectivity index (χ0n) is 10.0. The summed E-state index contributed by atoms with van der Waals surface area (Å²) in [7, 11) is 0. The highest BCUT2D eigenvalue weighted by Crippen LogP contribution is 2.10. The largest absolute Gasteiger partial charge is 0.320 e. The fourth-order valence-electron chi connectivity index (χ4n) is 1.44. The lowest BCUT2D eigenvalue weighted by atomic mass is 10.0. The maximum atomic E-state index is 11.7. The normalized spacial score (nSPS) is 12.6. The van der Waals surface area contributed by atoms with Gasteiger partial charge < -0.3 is 11.1 Å². The third-order valence-corrected chi connectivity index (χ3v) is 2.31. The molecule has 0 saturated heterocycles. The molecule has 1 rings (SSSR count). The van der Waals surface area contributed by atoms with Crippen LogP contribution >= 0.6 is 0 Å². The number of amides is 1. The van der Waals surface area contributed by atoms with Crippen molar-refractivity contribution in [3.63, 3.8) is 0 Å². The Morgan fingerprint density at radius 3 is 2.81 bits per heavy atom. The zero-order valence-corrected chi connectivity index (χ0v) is 10.0. The van der Waals surface area contributed by atoms with E-state index in [0.29, 0.717) is 18.2 Å². The molecule has 0 bridgehead atoms. The minimum absolute atomic E-state index is 0.171. The molecule has 0 fully saturated rings. The van der Waals surface area contributed by atoms with Gasteiger partial charge in [-0.3, -0.25) is 4.79 Å². The Labute approximate surface area is 96.3 Å². The van der Waals surface area contributed by atoms with Crippen molar-refractivity contribution in [1.82, 2.24) is 4.98 Å². The van der Waals surface area contributed by atoms with E-state index in [4.69, 9.17) is 5.73 Å². The molecule has 0 aliphatic heterocycles. The minimum Gasteiger partial charge on any atom is -0.320 e. The molecule has 0 aliphatic carbocycles. The molecule has 1 aromatic heterocycles. The van der Waals surface area contributed by atoms with Gasteiger partial charge in [0.2, 0.25) is 5.91 Å². The number of carbonyl (C=O) groups excluding carboxylic acids is 1. The molecule has 88 valence electrons. The van der Waals surface area contributed by atoms with E-state index in [1.807, 2.05) is 32.9 Å². The molecule has 4 nitrogen and oxygen atoms in total. The molecule has 1 atom stereocenters. The zero-order chi connectivity index (χ0) is 12.1. The Kier molecular flexibility index (Phi) is 4.43. The van der Waals surface area contributed by atoms with Gasteiger partial charge in [0.1, 0.15) is 5.82 Å². The van der Waals surface area contributed by atoms with Gasteiger partial charge in [-0.2, -0.15) is 0 Å². The number of aromatic nitrogens is 1. The van der Waals surface area contributed by atoms with E-state index in [1.54, 1.807) is 6.20 Å². The number of carbonyl (C=O) groups is 1. The van der Waals surface area contributed by atoms with Crippen LogP contribution < -0.4 is 11.1 Å². The van der Waals surface area contributed by atoms with Gasteiger partial charge in [-0.15, -0.1) is 0 Å². The van der Waals surface area contributed by atoms with Crippen molar-refractivity contribution < 1.29 is 4.79 Å². The fourth-order valence-corrected chi connectivity index (χ4v) is 1.44. The van der Waals surface area contributed by atoms with E-state index in [9.17, 15) is 4.79 Å². The quantitative estimate of drug-likeness (QED) is 0.813. The van der Waals surface area contributed by atoms with Crippen LogP contribution in [0.3, 0.4) is 0 Å². The van der Waals surface area contributed by atoms with Gasteiger partial charge >= 0.3 is 0 Å². The predicted molar refractivity (Wildman–Crippen MR) is 65.0 cm³/mol. The molecule has 1 unspecified atom stereocenters. The summed E-state index contributed by atoms with van der Waals surface area (Å²) in [5.41, 5.74) is 6.71. The summed E-state index contributed by atoms with van der Waals surface area (Å²) >= 11 is 0. The molecule has 4 heteroatoms. The topological polar surface area (TPSA) is 68.0 Å². The molecule has 0 aliphatic rings. The molecule has 0 saturated carbocycles. The summed E-state index contributed by atoms with van der Waals surface area (Å²) in [4.78, 5) is 15.8. The lowest BCUT2D eigenvalue weighted by Crippen LogP contribution is -2.37. The van der Waals surface area contributed by atoms with Crippen LogP contribution in [0.25, 0.3) is 0 Å². The van der Waals surface area contributed by atoms with E-state index >= 15 is 0 Å². The van der Waals surface area contributed by atoms with Crippen molar-refractivity contribution >= 4 is 11.7 Å². The van der Waals surface area contributed by atoms with Crippen LogP contribution in [0.2, 0.25) is 0 Å². The third-order valence-electron chi connectivity index (χ3n) is 2.31. The highest BCUT2D eigenvalue weighted by molar-refractivity contribution is 5.94. The van der Waals surface area contributed by atoms with E-state index < -0.39 is 6.04 Å². The number of aryl methyl sites for hydroxylation is 1. The highest BCUT2D eigenvalue weighted by Gasteiger charge is 2.15. The highest BCUT2D eigenvalue weighted by atomic mass is 16.2. The van der Waals surface area contributed by atoms with E-state index in [1.165, 1.54) is 0 Å². The molecular weight excluding hydrogens is 202 g/mol. The number of rotatable bonds is 4. The Morgan fingerprint density at radius 1 is 1.56 bits per heavy atom. The number of nitrogens with one attached hydrogen (secondary N) is 1. The molecule has 1 aromatic rings. The average Bonchev–Trinajstić information content (AvgIpc) is 2.20. The van der Waals surface area contributed by atoms with Gasteiger partial charge in [0.05, 0.1) is 6.04 Å². The maximum Gasteiger partial charge on any atom is 0.242 e. The van der Waals surface area contributed by atoms with Gasteiger partial charge in [0, 0.05) is 6.20 Å². The second kappa shape index (κ2) is 5.61. The Bertz CT molecular complexity index is 363. The Balaban J connectivity index is 2.61. The van der Waals surface area contributed by atoms with Gasteiger partial charge in [-0.25, -0.2) is 4.98 Å². The Morgan fingerprint density at radius 2 is 2.25 bits per heavy atom. The van der Waals surface area contributed by atoms with Gasteiger partial charge in [-0.1, -0.05) is 19.9 Å². The standard InChI is InChI=1S/C12H19N3O/c1-8(2)7-10(13)12(16)15-11-9(3)5-4-6-14-11/h4-6,8,10H,7,13H2,1-3H3,(H,14,15,16). The van der Waals surface area contributed by atoms with Gasteiger partial charge in [-0.05, 0) is 30.9 Å². The van der Waals surface area contributed by atoms with Crippen LogP contribution in [-0.4, -0.2) is 16.9 Å². The summed E-state index contributed by atoms with van der Waals surface area (Å²) in [6.07, 6.45) is 2.33. The van der Waals surface area contributed by atoms with Crippen LogP contribution in [-0.2, 0) is 4.79 Å². The second-order valence-electron chi connectivity index (χ2n) is 4.39. The molecule has 3 N–H and O–H groups in total. The number of pyridine rings is 1. The molecule has 1 heterocycles. The van der Waals surface area contributed by atoms with Gasteiger partial charge in [0.15, 0.2) is 0 Å². The molecular formula is C12H19N3O. The van der Waals surface area contributed by atoms with Crippen LogP contribution in [0.4, 0.5) is 5.82 Å². The van der Waals surface area contributed by atoms with Crippen LogP contribution in [0.1, 0.15) is 25.8 Å². The number of nitrogens with two attached hydrogens (primary N) is 1. The van der Waals surface area contributed by atoms with Crippen LogP contribution in [0, 0.1) is 12.8 Å². The van der Waals surface area contributed by atoms with Crippen molar-refractivity contribution in [2.45, 2.75) is 33.2 Å². The predicted octanol–water partition coefficient (Wildman–Crippen LogP) is 1.70. The molecule has 0 aromatic carbocycles. The molecule has 0 spiro atoms. The minimum atomic E-state index is -0.471. The molecule has 16 heavy (non-hydrogen) atoms. The monoisotopic (exact) mass is 221 g/mol. The summed E-state index contributed by atoms with van der Waals surface area (Å²) in [5.74, 6) is 0.827. The number of hydrogen-bond donors (Lipinski definition) is 2. The first kappa shape index (κ1) is 12.6. The van der Waals surface area contributed by atoms with Gasteiger partial charge in [0.25, 0.3) is 0 Å². The summed E-state index contributed by atoms with van der Waals surface area (Å²) in [5, 5.41) is 2.74. The van der Waals surface area contributed by atoms with E-state index in [2.05, 4.69) is 10.3 Å².